The van der Waals surface area contributed by atoms with Crippen molar-refractivity contribution in [3.63, 3.8) is 0 Å². The number of nitrogens with one attached hydrogen (secondary N) is 1. The van der Waals surface area contributed by atoms with E-state index in [2.05, 4.69) is 5.32 Å². The van der Waals surface area contributed by atoms with Gasteiger partial charge in [0.15, 0.2) is 6.10 Å². The molecule has 0 heterocycles. The van der Waals surface area contributed by atoms with Crippen LogP contribution in [0.5, 0.6) is 5.75 Å². The van der Waals surface area contributed by atoms with Gasteiger partial charge in [0.1, 0.15) is 5.75 Å². The molecule has 2 N–H and O–H groups in total. The Morgan fingerprint density at radius 3 is 2.50 bits per heavy atom. The molecular formula is C20H23NO5. The first kappa shape index (κ1) is 19.5. The molecule has 2 atom stereocenters. The lowest BCUT2D eigenvalue weighted by molar-refractivity contribution is -0.152. The van der Waals surface area contributed by atoms with Gasteiger partial charge in [0.25, 0.3) is 0 Å². The molecule has 2 rings (SSSR count). The minimum atomic E-state index is -1.04. The third-order valence-corrected chi connectivity index (χ3v) is 4.09. The smallest absolute Gasteiger partial charge is 0.332 e. The van der Waals surface area contributed by atoms with Crippen molar-refractivity contribution in [1.29, 1.82) is 0 Å². The number of carboxylic acid groups (broad SMARTS) is 1. The van der Waals surface area contributed by atoms with E-state index in [0.717, 1.165) is 11.1 Å². The lowest BCUT2D eigenvalue weighted by atomic mass is 9.92. The van der Waals surface area contributed by atoms with Gasteiger partial charge in [-0.25, -0.2) is 4.79 Å². The Morgan fingerprint density at radius 2 is 1.85 bits per heavy atom. The fourth-order valence-electron chi connectivity index (χ4n) is 2.78. The molecule has 2 unspecified atom stereocenters. The number of benzene rings is 2. The summed E-state index contributed by atoms with van der Waals surface area (Å²) >= 11 is 0. The highest BCUT2D eigenvalue weighted by molar-refractivity contribution is 5.72. The Labute approximate surface area is 152 Å². The summed E-state index contributed by atoms with van der Waals surface area (Å²) in [7, 11) is 1.56. The summed E-state index contributed by atoms with van der Waals surface area (Å²) < 4.78 is 11.0. The number of hydrogen-bond donors (Lipinski definition) is 2. The zero-order valence-electron chi connectivity index (χ0n) is 14.6. The van der Waals surface area contributed by atoms with Crippen LogP contribution in [0.2, 0.25) is 0 Å². The van der Waals surface area contributed by atoms with Crippen molar-refractivity contribution in [2.24, 2.45) is 0 Å². The van der Waals surface area contributed by atoms with Crippen molar-refractivity contribution in [1.82, 2.24) is 5.32 Å². The summed E-state index contributed by atoms with van der Waals surface area (Å²) in [5.41, 5.74) is 1.73. The van der Waals surface area contributed by atoms with E-state index in [1.165, 1.54) is 0 Å². The molecule has 26 heavy (non-hydrogen) atoms. The predicted molar refractivity (Wildman–Crippen MR) is 97.1 cm³/mol. The van der Waals surface area contributed by atoms with Crippen LogP contribution in [0.25, 0.3) is 0 Å². The van der Waals surface area contributed by atoms with E-state index < -0.39 is 12.1 Å². The molecule has 6 heteroatoms. The number of methoxy groups -OCH3 is 1. The number of carboxylic acids is 1. The molecule has 6 nitrogen and oxygen atoms in total. The van der Waals surface area contributed by atoms with Gasteiger partial charge in [0, 0.05) is 12.5 Å². The average molecular weight is 357 g/mol. The maximum Gasteiger partial charge on any atom is 0.332 e. The highest BCUT2D eigenvalue weighted by atomic mass is 16.5. The number of carbonyl (C=O) groups excluding carboxylic acids is 1. The number of rotatable bonds is 11. The molecule has 0 aromatic heterocycles. The van der Waals surface area contributed by atoms with Gasteiger partial charge in [-0.15, -0.1) is 0 Å². The Hall–Kier alpha value is -2.86. The van der Waals surface area contributed by atoms with Crippen molar-refractivity contribution >= 4 is 12.4 Å². The van der Waals surface area contributed by atoms with E-state index >= 15 is 0 Å². The van der Waals surface area contributed by atoms with Gasteiger partial charge in [-0.3, -0.25) is 4.79 Å². The van der Waals surface area contributed by atoms with Crippen molar-refractivity contribution in [2.75, 3.05) is 13.7 Å². The van der Waals surface area contributed by atoms with Gasteiger partial charge in [-0.1, -0.05) is 48.5 Å². The number of ether oxygens (including phenoxy) is 2. The molecule has 0 aliphatic carbocycles. The summed E-state index contributed by atoms with van der Waals surface area (Å²) in [5.74, 6) is -0.641. The summed E-state index contributed by atoms with van der Waals surface area (Å²) in [6.07, 6.45) is -0.189. The highest BCUT2D eigenvalue weighted by Gasteiger charge is 2.26. The van der Waals surface area contributed by atoms with Gasteiger partial charge in [0.2, 0.25) is 6.41 Å². The molecule has 138 valence electrons. The summed E-state index contributed by atoms with van der Waals surface area (Å²) in [4.78, 5) is 22.4. The number of para-hydroxylation sites is 1. The second-order valence-corrected chi connectivity index (χ2v) is 5.82. The van der Waals surface area contributed by atoms with Gasteiger partial charge in [-0.05, 0) is 23.6 Å². The van der Waals surface area contributed by atoms with Crippen LogP contribution in [-0.2, 0) is 20.9 Å². The Kier molecular flexibility index (Phi) is 7.64. The molecule has 2 aromatic carbocycles. The molecule has 0 aliphatic heterocycles. The van der Waals surface area contributed by atoms with E-state index in [1.807, 2.05) is 54.6 Å². The van der Waals surface area contributed by atoms with E-state index in [9.17, 15) is 14.7 Å². The van der Waals surface area contributed by atoms with Gasteiger partial charge in [0.05, 0.1) is 13.7 Å². The monoisotopic (exact) mass is 357 g/mol. The summed E-state index contributed by atoms with van der Waals surface area (Å²) in [6.45, 7) is 0.500. The molecule has 0 saturated heterocycles. The topological polar surface area (TPSA) is 84.9 Å². The van der Waals surface area contributed by atoms with E-state index in [1.54, 1.807) is 7.11 Å². The van der Waals surface area contributed by atoms with Crippen molar-refractivity contribution in [3.05, 3.63) is 65.7 Å². The van der Waals surface area contributed by atoms with Crippen LogP contribution < -0.4 is 10.1 Å². The quantitative estimate of drug-likeness (QED) is 0.604. The lowest BCUT2D eigenvalue weighted by Crippen LogP contribution is -2.30. The minimum absolute atomic E-state index is 0.206. The van der Waals surface area contributed by atoms with Crippen LogP contribution in [0.3, 0.4) is 0 Å². The molecule has 2 aromatic rings. The molecule has 0 spiro atoms. The van der Waals surface area contributed by atoms with Crippen molar-refractivity contribution in [2.45, 2.75) is 25.0 Å². The molecule has 0 aliphatic rings. The molecule has 0 radical (unpaired) electrons. The van der Waals surface area contributed by atoms with Crippen LogP contribution in [0.1, 0.15) is 23.5 Å². The normalized spacial score (nSPS) is 12.8. The Morgan fingerprint density at radius 1 is 1.15 bits per heavy atom. The van der Waals surface area contributed by atoms with Gasteiger partial charge < -0.3 is 19.9 Å². The first-order valence-corrected chi connectivity index (χ1v) is 8.34. The van der Waals surface area contributed by atoms with Crippen LogP contribution in [0, 0.1) is 0 Å². The van der Waals surface area contributed by atoms with E-state index in [0.29, 0.717) is 18.7 Å². The average Bonchev–Trinajstić information content (AvgIpc) is 2.68. The van der Waals surface area contributed by atoms with Crippen LogP contribution in [-0.4, -0.2) is 37.2 Å². The first-order valence-electron chi connectivity index (χ1n) is 8.34. The number of hydrogen-bond acceptors (Lipinski definition) is 4. The SMILES string of the molecule is COc1ccccc1C(CNC=O)CC(OCc1ccccc1)C(=O)O. The van der Waals surface area contributed by atoms with Crippen LogP contribution in [0.15, 0.2) is 54.6 Å². The maximum absolute atomic E-state index is 11.7. The van der Waals surface area contributed by atoms with E-state index in [4.69, 9.17) is 9.47 Å². The number of amides is 1. The third-order valence-electron chi connectivity index (χ3n) is 4.09. The molecular weight excluding hydrogens is 334 g/mol. The lowest BCUT2D eigenvalue weighted by Gasteiger charge is -2.23. The number of aliphatic carboxylic acids is 1. The molecule has 1 amide bonds. The van der Waals surface area contributed by atoms with Crippen LogP contribution in [0.4, 0.5) is 0 Å². The summed E-state index contributed by atoms with van der Waals surface area (Å²) in [6, 6.07) is 16.8. The molecule has 0 bridgehead atoms. The zero-order chi connectivity index (χ0) is 18.8. The predicted octanol–water partition coefficient (Wildman–Crippen LogP) is 2.58. The number of carbonyl (C=O) groups is 2. The Balaban J connectivity index is 2.14. The Bertz CT molecular complexity index is 704. The zero-order valence-corrected chi connectivity index (χ0v) is 14.6. The van der Waals surface area contributed by atoms with Gasteiger partial charge in [-0.2, -0.15) is 0 Å². The fourth-order valence-corrected chi connectivity index (χ4v) is 2.78. The second-order valence-electron chi connectivity index (χ2n) is 5.82. The third kappa shape index (κ3) is 5.60. The van der Waals surface area contributed by atoms with Crippen molar-refractivity contribution < 1.29 is 24.2 Å². The fraction of sp³-hybridized carbons (Fsp3) is 0.300. The second kappa shape index (κ2) is 10.2. The molecule has 0 fully saturated rings. The highest BCUT2D eigenvalue weighted by Crippen LogP contribution is 2.30. The van der Waals surface area contributed by atoms with Crippen molar-refractivity contribution in [3.8, 4) is 5.75 Å². The molecule has 0 saturated carbocycles. The first-order chi connectivity index (χ1) is 12.7. The largest absolute Gasteiger partial charge is 0.496 e. The minimum Gasteiger partial charge on any atom is -0.496 e. The van der Waals surface area contributed by atoms with E-state index in [-0.39, 0.29) is 18.9 Å². The van der Waals surface area contributed by atoms with Crippen LogP contribution >= 0.6 is 0 Å². The summed E-state index contributed by atoms with van der Waals surface area (Å²) in [5, 5.41) is 12.2. The standard InChI is InChI=1S/C20H23NO5/c1-25-18-10-6-5-9-17(18)16(12-21-14-22)11-19(20(23)24)26-13-15-7-3-2-4-8-15/h2-10,14,16,19H,11-13H2,1H3,(H,21,22)(H,23,24). The maximum atomic E-state index is 11.7. The van der Waals surface area contributed by atoms with Gasteiger partial charge >= 0.3 is 5.97 Å².